The van der Waals surface area contributed by atoms with Crippen LogP contribution < -0.4 is 0 Å². The Morgan fingerprint density at radius 2 is 2.33 bits per heavy atom. The van der Waals surface area contributed by atoms with Crippen molar-refractivity contribution in [1.29, 1.82) is 0 Å². The Kier molecular flexibility index (Phi) is 3.88. The topological polar surface area (TPSA) is 0 Å². The molecule has 0 heteroatoms. The fraction of sp³-hybridized carbons (Fsp3) is 0.167. The molecule has 0 rings (SSSR count). The summed E-state index contributed by atoms with van der Waals surface area (Å²) in [6, 6.07) is 0. The van der Waals surface area contributed by atoms with Crippen molar-refractivity contribution in [2.45, 2.75) is 6.92 Å². The molecule has 0 saturated heterocycles. The quantitative estimate of drug-likeness (QED) is 0.446. The molecule has 0 bridgehead atoms. The van der Waals surface area contributed by atoms with Crippen molar-refractivity contribution in [2.24, 2.45) is 0 Å². The van der Waals surface area contributed by atoms with Crippen LogP contribution in [0.15, 0.2) is 24.8 Å². The molecule has 0 fully saturated rings. The second-order valence-electron chi connectivity index (χ2n) is 0.954. The zero-order chi connectivity index (χ0) is 4.83. The molecule has 32 valence electrons. The zero-order valence-electron chi connectivity index (χ0n) is 4.02. The van der Waals surface area contributed by atoms with Crippen LogP contribution in [0.4, 0.5) is 0 Å². The molecule has 0 amide bonds. The third kappa shape index (κ3) is 3.35. The third-order valence-electron chi connectivity index (χ3n) is 0.440. The summed E-state index contributed by atoms with van der Waals surface area (Å²) in [7, 11) is 0. The molecule has 0 radical (unpaired) electrons. The maximum Gasteiger partial charge on any atom is 0.0419 e. The van der Waals surface area contributed by atoms with E-state index in [1.165, 1.54) is 0 Å². The minimum atomic E-state index is 1.75. The zero-order valence-corrected chi connectivity index (χ0v) is 4.02. The van der Waals surface area contributed by atoms with Crippen LogP contribution in [0.1, 0.15) is 6.92 Å². The van der Waals surface area contributed by atoms with E-state index in [0.717, 1.165) is 0 Å². The summed E-state index contributed by atoms with van der Waals surface area (Å²) in [6.45, 7) is 5.46. The first kappa shape index (κ1) is 5.35. The van der Waals surface area contributed by atoms with Gasteiger partial charge in [0.1, 0.15) is 0 Å². The second-order valence-corrected chi connectivity index (χ2v) is 0.954. The number of allylic oxidation sites excluding steroid dienone is 3. The normalized spacial score (nSPS) is 8.83. The Morgan fingerprint density at radius 3 is 2.50 bits per heavy atom. The van der Waals surface area contributed by atoms with Crippen molar-refractivity contribution in [3.63, 3.8) is 0 Å². The van der Waals surface area contributed by atoms with Gasteiger partial charge in [0.2, 0.25) is 0 Å². The van der Waals surface area contributed by atoms with E-state index >= 15 is 0 Å². The predicted octanol–water partition coefficient (Wildman–Crippen LogP) is 1.95. The van der Waals surface area contributed by atoms with Gasteiger partial charge < -0.3 is 0 Å². The molecular weight excluding hydrogens is 72.1 g/mol. The highest BCUT2D eigenvalue weighted by Gasteiger charge is 1.66. The van der Waals surface area contributed by atoms with Gasteiger partial charge in [0.05, 0.1) is 0 Å². The van der Waals surface area contributed by atoms with Crippen molar-refractivity contribution >= 4 is 0 Å². The van der Waals surface area contributed by atoms with Crippen LogP contribution in [-0.4, -0.2) is 0 Å². The number of hydrogen-bond acceptors (Lipinski definition) is 0. The minimum absolute atomic E-state index is 1.75. The average Bonchev–Trinajstić information content (AvgIpc) is 1.61. The molecule has 0 spiro atoms. The average molecular weight is 81.1 g/mol. The molecule has 0 aromatic heterocycles. The summed E-state index contributed by atoms with van der Waals surface area (Å²) >= 11 is 0. The van der Waals surface area contributed by atoms with E-state index in [-0.39, 0.29) is 0 Å². The SMILES string of the molecule is C=C[CH+]C=CC. The van der Waals surface area contributed by atoms with E-state index in [4.69, 9.17) is 0 Å². The van der Waals surface area contributed by atoms with Crippen molar-refractivity contribution in [2.75, 3.05) is 0 Å². The van der Waals surface area contributed by atoms with Crippen LogP contribution >= 0.6 is 0 Å². The fourth-order valence-corrected chi connectivity index (χ4v) is 0.190. The first-order valence-corrected chi connectivity index (χ1v) is 1.99. The van der Waals surface area contributed by atoms with Crippen LogP contribution in [0.5, 0.6) is 0 Å². The molecular formula is C6H9+. The van der Waals surface area contributed by atoms with E-state index in [1.807, 2.05) is 25.5 Å². The Balaban J connectivity index is 2.85. The van der Waals surface area contributed by atoms with Crippen LogP contribution in [-0.2, 0) is 0 Å². The Labute approximate surface area is 39.2 Å². The van der Waals surface area contributed by atoms with Gasteiger partial charge in [0, 0.05) is 18.6 Å². The first-order chi connectivity index (χ1) is 2.91. The monoisotopic (exact) mass is 81.1 g/mol. The van der Waals surface area contributed by atoms with E-state index < -0.39 is 0 Å². The fourth-order valence-electron chi connectivity index (χ4n) is 0.190. The van der Waals surface area contributed by atoms with Gasteiger partial charge in [-0.15, -0.1) is 0 Å². The van der Waals surface area contributed by atoms with Crippen molar-refractivity contribution in [3.05, 3.63) is 31.2 Å². The van der Waals surface area contributed by atoms with E-state index in [2.05, 4.69) is 6.58 Å². The molecule has 0 saturated carbocycles. The first-order valence-electron chi connectivity index (χ1n) is 1.99. The molecule has 0 N–H and O–H groups in total. The summed E-state index contributed by atoms with van der Waals surface area (Å²) in [5, 5.41) is 0. The van der Waals surface area contributed by atoms with Gasteiger partial charge in [-0.1, -0.05) is 0 Å². The van der Waals surface area contributed by atoms with Crippen molar-refractivity contribution in [1.82, 2.24) is 0 Å². The summed E-state index contributed by atoms with van der Waals surface area (Å²) < 4.78 is 0. The summed E-state index contributed by atoms with van der Waals surface area (Å²) in [5.74, 6) is 0. The summed E-state index contributed by atoms with van der Waals surface area (Å²) in [4.78, 5) is 0. The molecule has 0 heterocycles. The summed E-state index contributed by atoms with van der Waals surface area (Å²) in [5.41, 5.74) is 0. The number of hydrogen-bond donors (Lipinski definition) is 0. The van der Waals surface area contributed by atoms with E-state index in [9.17, 15) is 0 Å². The Hall–Kier alpha value is -0.650. The molecule has 0 aliphatic rings. The van der Waals surface area contributed by atoms with E-state index in [0.29, 0.717) is 0 Å². The van der Waals surface area contributed by atoms with Crippen molar-refractivity contribution in [3.8, 4) is 0 Å². The van der Waals surface area contributed by atoms with E-state index in [1.54, 1.807) is 6.08 Å². The highest BCUT2D eigenvalue weighted by Crippen LogP contribution is 1.76. The van der Waals surface area contributed by atoms with Gasteiger partial charge in [0.25, 0.3) is 0 Å². The van der Waals surface area contributed by atoms with Gasteiger partial charge in [-0.25, -0.2) is 0 Å². The molecule has 0 aliphatic carbocycles. The second kappa shape index (κ2) is 4.35. The number of rotatable bonds is 2. The van der Waals surface area contributed by atoms with Crippen molar-refractivity contribution < 1.29 is 0 Å². The van der Waals surface area contributed by atoms with Gasteiger partial charge >= 0.3 is 0 Å². The highest BCUT2D eigenvalue weighted by atomic mass is 13.6. The highest BCUT2D eigenvalue weighted by molar-refractivity contribution is 5.03. The van der Waals surface area contributed by atoms with Crippen LogP contribution in [0.25, 0.3) is 0 Å². The Morgan fingerprint density at radius 1 is 1.67 bits per heavy atom. The molecule has 6 heavy (non-hydrogen) atoms. The van der Waals surface area contributed by atoms with Gasteiger partial charge in [-0.2, -0.15) is 0 Å². The smallest absolute Gasteiger partial charge is 0.0129 e. The molecule has 0 aliphatic heterocycles. The standard InChI is InChI=1S/C6H9/c1-3-5-6-4-2/h3-6H,1H2,2H3/q+1. The molecule has 0 aromatic rings. The lowest BCUT2D eigenvalue weighted by atomic mass is 10.4. The Bertz CT molecular complexity index is 51.1. The molecule has 0 atom stereocenters. The lowest BCUT2D eigenvalue weighted by Gasteiger charge is -1.60. The third-order valence-corrected chi connectivity index (χ3v) is 0.440. The maximum atomic E-state index is 3.49. The van der Waals surface area contributed by atoms with Crippen LogP contribution in [0.2, 0.25) is 0 Å². The largest absolute Gasteiger partial charge is 0.0419 e. The van der Waals surface area contributed by atoms with Gasteiger partial charge in [-0.05, 0) is 19.6 Å². The van der Waals surface area contributed by atoms with Gasteiger partial charge in [0.15, 0.2) is 0 Å². The van der Waals surface area contributed by atoms with Crippen LogP contribution in [0, 0.1) is 6.42 Å². The summed E-state index contributed by atoms with van der Waals surface area (Å²) in [6.07, 6.45) is 7.54. The lowest BCUT2D eigenvalue weighted by molar-refractivity contribution is 1.67. The lowest BCUT2D eigenvalue weighted by Crippen LogP contribution is -1.50. The predicted molar refractivity (Wildman–Crippen MR) is 29.3 cm³/mol. The van der Waals surface area contributed by atoms with Gasteiger partial charge in [-0.3, -0.25) is 0 Å². The minimum Gasteiger partial charge on any atom is -0.0129 e. The maximum absolute atomic E-state index is 3.49. The van der Waals surface area contributed by atoms with Crippen LogP contribution in [0.3, 0.4) is 0 Å². The molecule has 0 unspecified atom stereocenters. The molecule has 0 nitrogen and oxygen atoms in total. The molecule has 0 aromatic carbocycles.